The van der Waals surface area contributed by atoms with E-state index in [1.54, 1.807) is 17.3 Å². The van der Waals surface area contributed by atoms with Crippen LogP contribution in [0.15, 0.2) is 36.7 Å². The van der Waals surface area contributed by atoms with Gasteiger partial charge in [0.2, 0.25) is 5.91 Å². The molecule has 25 heavy (non-hydrogen) atoms. The maximum atomic E-state index is 13.8. The van der Waals surface area contributed by atoms with Gasteiger partial charge in [0.1, 0.15) is 5.82 Å². The van der Waals surface area contributed by atoms with E-state index >= 15 is 0 Å². The summed E-state index contributed by atoms with van der Waals surface area (Å²) in [6.45, 7) is 0.830. The van der Waals surface area contributed by atoms with Gasteiger partial charge in [-0.2, -0.15) is 0 Å². The lowest BCUT2D eigenvalue weighted by molar-refractivity contribution is -0.134. The summed E-state index contributed by atoms with van der Waals surface area (Å²) in [5.74, 6) is -1.97. The predicted octanol–water partition coefficient (Wildman–Crippen LogP) is 2.54. The molecule has 2 aromatic rings. The fraction of sp³-hybridized carbons (Fsp3) is 0.316. The molecule has 1 amide bonds. The van der Waals surface area contributed by atoms with Crippen LogP contribution in [0.25, 0.3) is 0 Å². The Hall–Kier alpha value is -2.76. The number of halogens is 1. The van der Waals surface area contributed by atoms with Crippen LogP contribution in [0.5, 0.6) is 0 Å². The third kappa shape index (κ3) is 2.58. The molecule has 1 fully saturated rings. The lowest BCUT2D eigenvalue weighted by Crippen LogP contribution is -2.42. The van der Waals surface area contributed by atoms with Crippen LogP contribution in [0.3, 0.4) is 0 Å². The number of benzene rings is 1. The lowest BCUT2D eigenvalue weighted by atomic mass is 9.92. The van der Waals surface area contributed by atoms with E-state index in [1.165, 1.54) is 12.1 Å². The number of fused-ring (bicyclic) bond motifs is 1. The molecule has 0 bridgehead atoms. The minimum absolute atomic E-state index is 0.0485. The zero-order valence-corrected chi connectivity index (χ0v) is 13.5. The Morgan fingerprint density at radius 3 is 2.68 bits per heavy atom. The van der Waals surface area contributed by atoms with Crippen molar-refractivity contribution in [3.63, 3.8) is 0 Å². The Morgan fingerprint density at radius 1 is 1.24 bits per heavy atom. The Labute approximate surface area is 144 Å². The second-order valence-corrected chi connectivity index (χ2v) is 6.71. The number of nitrogens with zero attached hydrogens (tertiary/aromatic N) is 2. The molecule has 1 aromatic heterocycles. The summed E-state index contributed by atoms with van der Waals surface area (Å²) in [6, 6.07) is 6.40. The van der Waals surface area contributed by atoms with E-state index in [4.69, 9.17) is 5.11 Å². The van der Waals surface area contributed by atoms with E-state index in [0.29, 0.717) is 25.1 Å². The van der Waals surface area contributed by atoms with Gasteiger partial charge in [-0.1, -0.05) is 6.07 Å². The first kappa shape index (κ1) is 15.7. The summed E-state index contributed by atoms with van der Waals surface area (Å²) in [6.07, 6.45) is 5.54. The number of carboxylic acid groups (broad SMARTS) is 1. The normalized spacial score (nSPS) is 17.7. The molecule has 1 N–H and O–H groups in total. The highest BCUT2D eigenvalue weighted by molar-refractivity contribution is 5.92. The van der Waals surface area contributed by atoms with Gasteiger partial charge in [-0.25, -0.2) is 9.18 Å². The molecular formula is C19H17FN2O3. The number of aromatic nitrogens is 1. The summed E-state index contributed by atoms with van der Waals surface area (Å²) < 4.78 is 13.8. The van der Waals surface area contributed by atoms with Crippen LogP contribution in [-0.4, -0.2) is 33.4 Å². The van der Waals surface area contributed by atoms with Crippen molar-refractivity contribution in [2.75, 3.05) is 6.54 Å². The van der Waals surface area contributed by atoms with Crippen LogP contribution in [0, 0.1) is 5.82 Å². The van der Waals surface area contributed by atoms with Gasteiger partial charge in [0, 0.05) is 25.5 Å². The highest BCUT2D eigenvalue weighted by Crippen LogP contribution is 2.49. The van der Waals surface area contributed by atoms with Crippen LogP contribution < -0.4 is 0 Å². The minimum atomic E-state index is -1.29. The molecule has 1 aromatic carbocycles. The molecule has 4 rings (SSSR count). The number of carbonyl (C=O) groups excluding carboxylic acids is 1. The molecule has 1 aliphatic carbocycles. The standard InChI is InChI=1S/C19H17FN2O3/c20-16-9-12-3-7-22(11-13(12)8-15(16)17(23)24)18(25)19(4-5-19)14-2-1-6-21-10-14/h1-2,6,8-10H,3-5,7,11H2,(H,23,24). The molecule has 0 spiro atoms. The van der Waals surface area contributed by atoms with Crippen LogP contribution in [-0.2, 0) is 23.2 Å². The Bertz CT molecular complexity index is 862. The second kappa shape index (κ2) is 5.65. The van der Waals surface area contributed by atoms with Crippen molar-refractivity contribution in [3.05, 3.63) is 64.7 Å². The molecule has 2 aliphatic rings. The largest absolute Gasteiger partial charge is 0.478 e. The van der Waals surface area contributed by atoms with Gasteiger partial charge in [0.15, 0.2) is 0 Å². The second-order valence-electron chi connectivity index (χ2n) is 6.71. The number of pyridine rings is 1. The van der Waals surface area contributed by atoms with Crippen molar-refractivity contribution in [1.82, 2.24) is 9.88 Å². The molecular weight excluding hydrogens is 323 g/mol. The fourth-order valence-electron chi connectivity index (χ4n) is 3.62. The van der Waals surface area contributed by atoms with Gasteiger partial charge in [0.25, 0.3) is 0 Å². The van der Waals surface area contributed by atoms with Gasteiger partial charge in [0.05, 0.1) is 11.0 Å². The molecule has 0 saturated heterocycles. The quantitative estimate of drug-likeness (QED) is 0.932. The van der Waals surface area contributed by atoms with Crippen molar-refractivity contribution >= 4 is 11.9 Å². The maximum Gasteiger partial charge on any atom is 0.338 e. The Kier molecular flexibility index (Phi) is 3.56. The number of amides is 1. The van der Waals surface area contributed by atoms with Crippen molar-refractivity contribution in [1.29, 1.82) is 0 Å². The summed E-state index contributed by atoms with van der Waals surface area (Å²) in [5, 5.41) is 9.10. The third-order valence-corrected chi connectivity index (χ3v) is 5.19. The summed E-state index contributed by atoms with van der Waals surface area (Å²) in [5.41, 5.74) is 1.57. The molecule has 0 radical (unpaired) electrons. The SMILES string of the molecule is O=C(O)c1cc2c(cc1F)CCN(C(=O)C1(c3cccnc3)CC1)C2. The summed E-state index contributed by atoms with van der Waals surface area (Å²) in [7, 11) is 0. The first-order chi connectivity index (χ1) is 12.0. The number of carboxylic acids is 1. The molecule has 1 aliphatic heterocycles. The number of hydrogen-bond donors (Lipinski definition) is 1. The summed E-state index contributed by atoms with van der Waals surface area (Å²) in [4.78, 5) is 30.1. The highest BCUT2D eigenvalue weighted by Gasteiger charge is 2.53. The number of aromatic carboxylic acids is 1. The van der Waals surface area contributed by atoms with Gasteiger partial charge in [-0.15, -0.1) is 0 Å². The first-order valence-corrected chi connectivity index (χ1v) is 8.26. The van der Waals surface area contributed by atoms with Gasteiger partial charge in [-0.3, -0.25) is 9.78 Å². The van der Waals surface area contributed by atoms with E-state index in [9.17, 15) is 14.0 Å². The number of hydrogen-bond acceptors (Lipinski definition) is 3. The topological polar surface area (TPSA) is 70.5 Å². The van der Waals surface area contributed by atoms with Crippen molar-refractivity contribution < 1.29 is 19.1 Å². The molecule has 0 atom stereocenters. The van der Waals surface area contributed by atoms with E-state index in [-0.39, 0.29) is 11.5 Å². The number of carbonyl (C=O) groups is 2. The van der Waals surface area contributed by atoms with E-state index in [2.05, 4.69) is 4.98 Å². The molecule has 0 unspecified atom stereocenters. The van der Waals surface area contributed by atoms with E-state index in [0.717, 1.165) is 24.0 Å². The third-order valence-electron chi connectivity index (χ3n) is 5.19. The number of rotatable bonds is 3. The monoisotopic (exact) mass is 340 g/mol. The average molecular weight is 340 g/mol. The smallest absolute Gasteiger partial charge is 0.338 e. The zero-order valence-electron chi connectivity index (χ0n) is 13.5. The van der Waals surface area contributed by atoms with E-state index in [1.807, 2.05) is 12.1 Å². The van der Waals surface area contributed by atoms with Crippen molar-refractivity contribution in [2.45, 2.75) is 31.2 Å². The van der Waals surface area contributed by atoms with Crippen LogP contribution in [0.1, 0.15) is 39.9 Å². The minimum Gasteiger partial charge on any atom is -0.478 e. The lowest BCUT2D eigenvalue weighted by Gasteiger charge is -2.32. The van der Waals surface area contributed by atoms with Crippen LogP contribution >= 0.6 is 0 Å². The first-order valence-electron chi connectivity index (χ1n) is 8.26. The Balaban J connectivity index is 1.61. The van der Waals surface area contributed by atoms with Gasteiger partial charge >= 0.3 is 5.97 Å². The maximum absolute atomic E-state index is 13.8. The molecule has 6 heteroatoms. The highest BCUT2D eigenvalue weighted by atomic mass is 19.1. The molecule has 1 saturated carbocycles. The van der Waals surface area contributed by atoms with Crippen LogP contribution in [0.4, 0.5) is 4.39 Å². The predicted molar refractivity (Wildman–Crippen MR) is 87.6 cm³/mol. The molecule has 5 nitrogen and oxygen atoms in total. The Morgan fingerprint density at radius 2 is 2.04 bits per heavy atom. The summed E-state index contributed by atoms with van der Waals surface area (Å²) >= 11 is 0. The average Bonchev–Trinajstić information content (AvgIpc) is 3.42. The van der Waals surface area contributed by atoms with E-state index < -0.39 is 17.2 Å². The van der Waals surface area contributed by atoms with Gasteiger partial charge in [-0.05, 0) is 54.2 Å². The van der Waals surface area contributed by atoms with Gasteiger partial charge < -0.3 is 10.0 Å². The van der Waals surface area contributed by atoms with Crippen molar-refractivity contribution in [2.24, 2.45) is 0 Å². The van der Waals surface area contributed by atoms with Crippen LogP contribution in [0.2, 0.25) is 0 Å². The van der Waals surface area contributed by atoms with Crippen molar-refractivity contribution in [3.8, 4) is 0 Å². The fourth-order valence-corrected chi connectivity index (χ4v) is 3.62. The molecule has 128 valence electrons. The molecule has 2 heterocycles. The zero-order chi connectivity index (χ0) is 17.6.